The van der Waals surface area contributed by atoms with Crippen LogP contribution in [0, 0.1) is 11.3 Å². The van der Waals surface area contributed by atoms with Crippen molar-refractivity contribution in [2.45, 2.75) is 6.61 Å². The summed E-state index contributed by atoms with van der Waals surface area (Å²) in [5, 5.41) is 8.96. The third-order valence-corrected chi connectivity index (χ3v) is 3.27. The number of nitrogens with zero attached hydrogens (tertiary/aromatic N) is 1. The second-order valence-corrected chi connectivity index (χ2v) is 4.72. The molecular formula is C15H12BrNO2. The van der Waals surface area contributed by atoms with E-state index in [0.29, 0.717) is 28.1 Å². The Morgan fingerprint density at radius 2 is 1.89 bits per heavy atom. The Balaban J connectivity index is 2.21. The van der Waals surface area contributed by atoms with Crippen LogP contribution in [0.5, 0.6) is 11.5 Å². The lowest BCUT2D eigenvalue weighted by Gasteiger charge is -2.12. The molecule has 2 aromatic carbocycles. The van der Waals surface area contributed by atoms with E-state index in [0.717, 1.165) is 5.56 Å². The Bertz CT molecular complexity index is 606. The normalized spacial score (nSPS) is 9.74. The number of ether oxygens (including phenoxy) is 2. The summed E-state index contributed by atoms with van der Waals surface area (Å²) in [5.41, 5.74) is 1.59. The first-order valence-corrected chi connectivity index (χ1v) is 6.48. The number of rotatable bonds is 4. The average Bonchev–Trinajstić information content (AvgIpc) is 2.46. The van der Waals surface area contributed by atoms with Gasteiger partial charge >= 0.3 is 0 Å². The van der Waals surface area contributed by atoms with Crippen LogP contribution in [0.25, 0.3) is 0 Å². The molecule has 0 heterocycles. The zero-order valence-corrected chi connectivity index (χ0v) is 12.0. The summed E-state index contributed by atoms with van der Waals surface area (Å²) in [5.74, 6) is 1.16. The topological polar surface area (TPSA) is 42.2 Å². The first-order valence-electron chi connectivity index (χ1n) is 5.69. The Kier molecular flexibility index (Phi) is 4.43. The number of hydrogen-bond donors (Lipinski definition) is 0. The fourth-order valence-corrected chi connectivity index (χ4v) is 2.04. The van der Waals surface area contributed by atoms with Gasteiger partial charge in [0.15, 0.2) is 11.5 Å². The maximum Gasteiger partial charge on any atom is 0.162 e. The molecule has 0 unspecified atom stereocenters. The molecule has 0 aliphatic rings. The number of hydrogen-bond acceptors (Lipinski definition) is 3. The van der Waals surface area contributed by atoms with Gasteiger partial charge in [0, 0.05) is 10.5 Å². The van der Waals surface area contributed by atoms with Crippen molar-refractivity contribution in [1.29, 1.82) is 5.26 Å². The van der Waals surface area contributed by atoms with Crippen LogP contribution in [0.3, 0.4) is 0 Å². The van der Waals surface area contributed by atoms with Gasteiger partial charge in [0.05, 0.1) is 12.7 Å². The molecule has 0 fully saturated rings. The fourth-order valence-electron chi connectivity index (χ4n) is 1.63. The first kappa shape index (κ1) is 13.4. The maximum absolute atomic E-state index is 8.96. The summed E-state index contributed by atoms with van der Waals surface area (Å²) in [4.78, 5) is 0. The van der Waals surface area contributed by atoms with Crippen molar-refractivity contribution in [2.24, 2.45) is 0 Å². The number of methoxy groups -OCH3 is 1. The van der Waals surface area contributed by atoms with Crippen LogP contribution >= 0.6 is 15.9 Å². The van der Waals surface area contributed by atoms with E-state index in [9.17, 15) is 0 Å². The van der Waals surface area contributed by atoms with Crippen molar-refractivity contribution < 1.29 is 9.47 Å². The van der Waals surface area contributed by atoms with E-state index in [-0.39, 0.29) is 0 Å². The van der Waals surface area contributed by atoms with E-state index in [2.05, 4.69) is 22.0 Å². The molecule has 96 valence electrons. The molecule has 3 nitrogen and oxygen atoms in total. The van der Waals surface area contributed by atoms with Crippen molar-refractivity contribution >= 4 is 15.9 Å². The van der Waals surface area contributed by atoms with Gasteiger partial charge in [-0.15, -0.1) is 0 Å². The van der Waals surface area contributed by atoms with Crippen LogP contribution in [-0.2, 0) is 6.61 Å². The van der Waals surface area contributed by atoms with Crippen molar-refractivity contribution in [1.82, 2.24) is 0 Å². The van der Waals surface area contributed by atoms with Crippen molar-refractivity contribution in [3.63, 3.8) is 0 Å². The standard InChI is InChI=1S/C15H12BrNO2/c1-18-14-7-12(9-17)13(16)8-15(14)19-10-11-5-3-2-4-6-11/h2-8H,10H2,1H3. The molecule has 0 saturated carbocycles. The second-order valence-electron chi connectivity index (χ2n) is 3.87. The monoisotopic (exact) mass is 317 g/mol. The van der Waals surface area contributed by atoms with Gasteiger partial charge in [-0.3, -0.25) is 0 Å². The minimum Gasteiger partial charge on any atom is -0.493 e. The van der Waals surface area contributed by atoms with Gasteiger partial charge in [-0.1, -0.05) is 30.3 Å². The lowest BCUT2D eigenvalue weighted by atomic mass is 10.2. The highest BCUT2D eigenvalue weighted by Gasteiger charge is 2.10. The van der Waals surface area contributed by atoms with Gasteiger partial charge in [0.2, 0.25) is 0 Å². The highest BCUT2D eigenvalue weighted by atomic mass is 79.9. The van der Waals surface area contributed by atoms with Gasteiger partial charge in [-0.05, 0) is 27.6 Å². The summed E-state index contributed by atoms with van der Waals surface area (Å²) in [6.07, 6.45) is 0. The van der Waals surface area contributed by atoms with Crippen molar-refractivity contribution in [2.75, 3.05) is 7.11 Å². The Hall–Kier alpha value is -1.99. The molecule has 2 aromatic rings. The van der Waals surface area contributed by atoms with E-state index in [4.69, 9.17) is 14.7 Å². The van der Waals surface area contributed by atoms with E-state index in [1.54, 1.807) is 19.2 Å². The van der Waals surface area contributed by atoms with Gasteiger partial charge in [-0.2, -0.15) is 5.26 Å². The van der Waals surface area contributed by atoms with Crippen LogP contribution in [0.4, 0.5) is 0 Å². The van der Waals surface area contributed by atoms with Crippen LogP contribution in [0.2, 0.25) is 0 Å². The van der Waals surface area contributed by atoms with Gasteiger partial charge in [-0.25, -0.2) is 0 Å². The molecule has 2 rings (SSSR count). The van der Waals surface area contributed by atoms with E-state index < -0.39 is 0 Å². The Labute approximate surface area is 120 Å². The van der Waals surface area contributed by atoms with Gasteiger partial charge in [0.25, 0.3) is 0 Å². The van der Waals surface area contributed by atoms with Crippen LogP contribution < -0.4 is 9.47 Å². The molecule has 0 radical (unpaired) electrons. The molecule has 19 heavy (non-hydrogen) atoms. The van der Waals surface area contributed by atoms with Gasteiger partial charge in [0.1, 0.15) is 12.7 Å². The molecule has 0 N–H and O–H groups in total. The summed E-state index contributed by atoms with van der Waals surface area (Å²) >= 11 is 3.34. The fraction of sp³-hybridized carbons (Fsp3) is 0.133. The predicted octanol–water partition coefficient (Wildman–Crippen LogP) is 3.91. The smallest absolute Gasteiger partial charge is 0.162 e. The number of halogens is 1. The minimum atomic E-state index is 0.454. The van der Waals surface area contributed by atoms with E-state index >= 15 is 0 Å². The van der Waals surface area contributed by atoms with Crippen molar-refractivity contribution in [3.05, 3.63) is 58.1 Å². The highest BCUT2D eigenvalue weighted by molar-refractivity contribution is 9.10. The Morgan fingerprint density at radius 3 is 2.53 bits per heavy atom. The summed E-state index contributed by atoms with van der Waals surface area (Å²) in [6, 6.07) is 15.4. The van der Waals surface area contributed by atoms with E-state index in [1.807, 2.05) is 30.3 Å². The molecule has 0 atom stereocenters. The highest BCUT2D eigenvalue weighted by Crippen LogP contribution is 2.33. The third-order valence-electron chi connectivity index (χ3n) is 2.61. The van der Waals surface area contributed by atoms with Crippen LogP contribution in [-0.4, -0.2) is 7.11 Å². The summed E-state index contributed by atoms with van der Waals surface area (Å²) < 4.78 is 11.7. The largest absolute Gasteiger partial charge is 0.493 e. The maximum atomic E-state index is 8.96. The molecule has 0 aromatic heterocycles. The zero-order valence-electron chi connectivity index (χ0n) is 10.4. The Morgan fingerprint density at radius 1 is 1.16 bits per heavy atom. The minimum absolute atomic E-state index is 0.454. The molecule has 0 bridgehead atoms. The first-order chi connectivity index (χ1) is 9.24. The quantitative estimate of drug-likeness (QED) is 0.858. The number of benzene rings is 2. The van der Waals surface area contributed by atoms with E-state index in [1.165, 1.54) is 0 Å². The second kappa shape index (κ2) is 6.26. The van der Waals surface area contributed by atoms with Crippen LogP contribution in [0.15, 0.2) is 46.9 Å². The zero-order chi connectivity index (χ0) is 13.7. The van der Waals surface area contributed by atoms with Gasteiger partial charge < -0.3 is 9.47 Å². The number of nitriles is 1. The van der Waals surface area contributed by atoms with Crippen LogP contribution in [0.1, 0.15) is 11.1 Å². The lowest BCUT2D eigenvalue weighted by Crippen LogP contribution is -1.98. The molecule has 0 aliphatic heterocycles. The molecule has 0 spiro atoms. The third kappa shape index (κ3) is 3.27. The molecular weight excluding hydrogens is 306 g/mol. The molecule has 0 amide bonds. The average molecular weight is 318 g/mol. The lowest BCUT2D eigenvalue weighted by molar-refractivity contribution is 0.284. The summed E-state index contributed by atoms with van der Waals surface area (Å²) in [6.45, 7) is 0.454. The summed E-state index contributed by atoms with van der Waals surface area (Å²) in [7, 11) is 1.56. The SMILES string of the molecule is COc1cc(C#N)c(Br)cc1OCc1ccccc1. The predicted molar refractivity (Wildman–Crippen MR) is 76.2 cm³/mol. The molecule has 0 aliphatic carbocycles. The molecule has 4 heteroatoms. The molecule has 0 saturated heterocycles. The van der Waals surface area contributed by atoms with Crippen molar-refractivity contribution in [3.8, 4) is 17.6 Å².